The van der Waals surface area contributed by atoms with E-state index in [4.69, 9.17) is 5.26 Å². The highest BCUT2D eigenvalue weighted by Gasteiger charge is 2.13. The van der Waals surface area contributed by atoms with Crippen molar-refractivity contribution in [2.75, 3.05) is 26.2 Å². The van der Waals surface area contributed by atoms with Gasteiger partial charge in [0.1, 0.15) is 0 Å². The average molecular weight is 245 g/mol. The Bertz CT molecular complexity index is 395. The highest BCUT2D eigenvalue weighted by Crippen LogP contribution is 2.20. The van der Waals surface area contributed by atoms with Crippen molar-refractivity contribution in [2.45, 2.75) is 26.8 Å². The third-order valence-corrected chi connectivity index (χ3v) is 3.28. The summed E-state index contributed by atoms with van der Waals surface area (Å²) in [5.74, 6) is 0. The van der Waals surface area contributed by atoms with E-state index in [1.54, 1.807) is 0 Å². The molecule has 3 heteroatoms. The van der Waals surface area contributed by atoms with E-state index < -0.39 is 0 Å². The number of likely N-dealkylation sites (N-methyl/N-ethyl adjacent to an activating group) is 2. The number of nitrogens with zero attached hydrogens (tertiary/aromatic N) is 2. The van der Waals surface area contributed by atoms with Gasteiger partial charge in [-0.1, -0.05) is 26.0 Å². The maximum Gasteiger partial charge on any atom is 0.0991 e. The second kappa shape index (κ2) is 7.86. The average Bonchev–Trinajstić information content (AvgIpc) is 2.43. The molecule has 0 aromatic heterocycles. The van der Waals surface area contributed by atoms with Gasteiger partial charge in [-0.25, -0.2) is 0 Å². The predicted molar refractivity (Wildman–Crippen MR) is 75.4 cm³/mol. The molecule has 0 spiro atoms. The van der Waals surface area contributed by atoms with E-state index in [-0.39, 0.29) is 0 Å². The van der Waals surface area contributed by atoms with Crippen molar-refractivity contribution < 1.29 is 0 Å². The molecule has 0 bridgehead atoms. The summed E-state index contributed by atoms with van der Waals surface area (Å²) in [5.41, 5.74) is 1.95. The van der Waals surface area contributed by atoms with Gasteiger partial charge in [0.25, 0.3) is 0 Å². The summed E-state index contributed by atoms with van der Waals surface area (Å²) in [6, 6.07) is 10.4. The highest BCUT2D eigenvalue weighted by molar-refractivity contribution is 5.34. The van der Waals surface area contributed by atoms with Crippen molar-refractivity contribution in [1.29, 1.82) is 5.26 Å². The smallest absolute Gasteiger partial charge is 0.0991 e. The monoisotopic (exact) mass is 245 g/mol. The van der Waals surface area contributed by atoms with E-state index in [0.29, 0.717) is 6.04 Å². The molecule has 0 heterocycles. The van der Waals surface area contributed by atoms with Crippen molar-refractivity contribution in [3.05, 3.63) is 35.4 Å². The standard InChI is InChI=1S/C15H23N3/c1-4-17-9-10-18(5-2)13(3)15-8-6-7-14(11-15)12-16/h6-8,11,13,17H,4-5,9-10H2,1-3H3. The molecule has 1 N–H and O–H groups in total. The number of hydrogen-bond acceptors (Lipinski definition) is 3. The Morgan fingerprint density at radius 1 is 1.39 bits per heavy atom. The van der Waals surface area contributed by atoms with Gasteiger partial charge in [0.2, 0.25) is 0 Å². The Hall–Kier alpha value is -1.37. The maximum absolute atomic E-state index is 8.94. The molecule has 18 heavy (non-hydrogen) atoms. The number of nitrogens with one attached hydrogen (secondary N) is 1. The minimum Gasteiger partial charge on any atom is -0.316 e. The van der Waals surface area contributed by atoms with Crippen LogP contribution in [0, 0.1) is 11.3 Å². The summed E-state index contributed by atoms with van der Waals surface area (Å²) in [5, 5.41) is 12.3. The zero-order valence-electron chi connectivity index (χ0n) is 11.6. The van der Waals surface area contributed by atoms with Crippen LogP contribution in [-0.4, -0.2) is 31.1 Å². The van der Waals surface area contributed by atoms with Crippen LogP contribution in [0.3, 0.4) is 0 Å². The van der Waals surface area contributed by atoms with Crippen molar-refractivity contribution in [2.24, 2.45) is 0 Å². The Balaban J connectivity index is 2.70. The van der Waals surface area contributed by atoms with E-state index in [1.165, 1.54) is 5.56 Å². The van der Waals surface area contributed by atoms with Crippen molar-refractivity contribution in [1.82, 2.24) is 10.2 Å². The lowest BCUT2D eigenvalue weighted by atomic mass is 10.0. The Morgan fingerprint density at radius 2 is 2.17 bits per heavy atom. The number of rotatable bonds is 7. The molecule has 1 aromatic carbocycles. The number of hydrogen-bond donors (Lipinski definition) is 1. The van der Waals surface area contributed by atoms with Crippen LogP contribution in [0.5, 0.6) is 0 Å². The predicted octanol–water partition coefficient (Wildman–Crippen LogP) is 2.55. The minimum atomic E-state index is 0.349. The maximum atomic E-state index is 8.94. The van der Waals surface area contributed by atoms with E-state index in [0.717, 1.165) is 31.7 Å². The van der Waals surface area contributed by atoms with Gasteiger partial charge in [-0.3, -0.25) is 4.90 Å². The van der Waals surface area contributed by atoms with Crippen LogP contribution in [0.2, 0.25) is 0 Å². The molecule has 0 aliphatic rings. The number of nitriles is 1. The van der Waals surface area contributed by atoms with Gasteiger partial charge in [-0.15, -0.1) is 0 Å². The largest absolute Gasteiger partial charge is 0.316 e. The zero-order chi connectivity index (χ0) is 13.4. The fourth-order valence-corrected chi connectivity index (χ4v) is 2.10. The van der Waals surface area contributed by atoms with Crippen LogP contribution >= 0.6 is 0 Å². The second-order valence-electron chi connectivity index (χ2n) is 4.40. The molecule has 98 valence electrons. The van der Waals surface area contributed by atoms with Crippen LogP contribution in [-0.2, 0) is 0 Å². The van der Waals surface area contributed by atoms with Crippen LogP contribution in [0.1, 0.15) is 37.9 Å². The van der Waals surface area contributed by atoms with E-state index in [9.17, 15) is 0 Å². The van der Waals surface area contributed by atoms with Crippen LogP contribution in [0.25, 0.3) is 0 Å². The summed E-state index contributed by atoms with van der Waals surface area (Å²) >= 11 is 0. The lowest BCUT2D eigenvalue weighted by Crippen LogP contribution is -2.34. The van der Waals surface area contributed by atoms with Gasteiger partial charge in [-0.2, -0.15) is 5.26 Å². The second-order valence-corrected chi connectivity index (χ2v) is 4.40. The highest BCUT2D eigenvalue weighted by atomic mass is 15.2. The molecule has 3 nitrogen and oxygen atoms in total. The molecular formula is C15H23N3. The van der Waals surface area contributed by atoms with Gasteiger partial charge >= 0.3 is 0 Å². The van der Waals surface area contributed by atoms with Gasteiger partial charge in [0, 0.05) is 19.1 Å². The summed E-state index contributed by atoms with van der Waals surface area (Å²) in [7, 11) is 0. The number of benzene rings is 1. The Kier molecular flexibility index (Phi) is 6.42. The molecule has 1 unspecified atom stereocenters. The summed E-state index contributed by atoms with van der Waals surface area (Å²) in [6.07, 6.45) is 0. The van der Waals surface area contributed by atoms with E-state index in [2.05, 4.69) is 43.1 Å². The van der Waals surface area contributed by atoms with Crippen LogP contribution in [0.4, 0.5) is 0 Å². The first-order valence-electron chi connectivity index (χ1n) is 6.67. The first kappa shape index (κ1) is 14.7. The quantitative estimate of drug-likeness (QED) is 0.750. The molecule has 1 rings (SSSR count). The zero-order valence-corrected chi connectivity index (χ0v) is 11.6. The Morgan fingerprint density at radius 3 is 2.78 bits per heavy atom. The van der Waals surface area contributed by atoms with Crippen molar-refractivity contribution in [3.63, 3.8) is 0 Å². The van der Waals surface area contributed by atoms with E-state index >= 15 is 0 Å². The van der Waals surface area contributed by atoms with Gasteiger partial charge < -0.3 is 5.32 Å². The van der Waals surface area contributed by atoms with E-state index in [1.807, 2.05) is 18.2 Å². The fraction of sp³-hybridized carbons (Fsp3) is 0.533. The topological polar surface area (TPSA) is 39.1 Å². The lowest BCUT2D eigenvalue weighted by Gasteiger charge is -2.28. The molecule has 0 aliphatic heterocycles. The molecule has 0 radical (unpaired) electrons. The Labute approximate surface area is 110 Å². The lowest BCUT2D eigenvalue weighted by molar-refractivity contribution is 0.223. The van der Waals surface area contributed by atoms with Gasteiger partial charge in [0.05, 0.1) is 11.6 Å². The molecule has 0 saturated heterocycles. The fourth-order valence-electron chi connectivity index (χ4n) is 2.10. The molecule has 0 fully saturated rings. The molecule has 0 aliphatic carbocycles. The van der Waals surface area contributed by atoms with Crippen LogP contribution in [0.15, 0.2) is 24.3 Å². The van der Waals surface area contributed by atoms with Crippen molar-refractivity contribution >= 4 is 0 Å². The van der Waals surface area contributed by atoms with Gasteiger partial charge in [0.15, 0.2) is 0 Å². The normalized spacial score (nSPS) is 12.4. The summed E-state index contributed by atoms with van der Waals surface area (Å²) in [6.45, 7) is 10.6. The third kappa shape index (κ3) is 4.14. The first-order valence-corrected chi connectivity index (χ1v) is 6.67. The molecular weight excluding hydrogens is 222 g/mol. The molecule has 1 atom stereocenters. The minimum absolute atomic E-state index is 0.349. The van der Waals surface area contributed by atoms with Crippen molar-refractivity contribution in [3.8, 4) is 6.07 Å². The summed E-state index contributed by atoms with van der Waals surface area (Å²) in [4.78, 5) is 2.42. The molecule has 0 saturated carbocycles. The SMILES string of the molecule is CCNCCN(CC)C(C)c1cccc(C#N)c1. The van der Waals surface area contributed by atoms with Crippen LogP contribution < -0.4 is 5.32 Å². The molecule has 1 aromatic rings. The summed E-state index contributed by atoms with van der Waals surface area (Å²) < 4.78 is 0. The third-order valence-electron chi connectivity index (χ3n) is 3.28. The molecule has 0 amide bonds. The van der Waals surface area contributed by atoms with Gasteiger partial charge in [-0.05, 0) is 37.7 Å². The first-order chi connectivity index (χ1) is 8.72.